The molecule has 2 amide bonds. The van der Waals surface area contributed by atoms with Gasteiger partial charge in [-0.05, 0) is 30.7 Å². The molecule has 126 valence electrons. The van der Waals surface area contributed by atoms with Gasteiger partial charge < -0.3 is 14.7 Å². The van der Waals surface area contributed by atoms with Crippen molar-refractivity contribution in [2.75, 3.05) is 25.0 Å². The molecular formula is C15H20N2O5S. The molecule has 2 heterocycles. The summed E-state index contributed by atoms with van der Waals surface area (Å²) in [6.07, 6.45) is 0.562. The molecule has 1 aromatic rings. The third kappa shape index (κ3) is 4.22. The monoisotopic (exact) mass is 340 g/mol. The number of hydrogen-bond acceptors (Lipinski definition) is 5. The van der Waals surface area contributed by atoms with E-state index in [1.54, 1.807) is 18.4 Å². The Bertz CT molecular complexity index is 600. The van der Waals surface area contributed by atoms with Crippen LogP contribution in [0.5, 0.6) is 0 Å². The van der Waals surface area contributed by atoms with Gasteiger partial charge in [-0.3, -0.25) is 10.1 Å². The SMILES string of the molecule is CCOC(=O)c1ccsc1NC(=O)N1CC(C)CC(C(=O)O)C1. The fourth-order valence-electron chi connectivity index (χ4n) is 2.65. The Hall–Kier alpha value is -2.09. The van der Waals surface area contributed by atoms with Crippen LogP contribution >= 0.6 is 11.3 Å². The van der Waals surface area contributed by atoms with E-state index >= 15 is 0 Å². The van der Waals surface area contributed by atoms with E-state index in [9.17, 15) is 19.5 Å². The van der Waals surface area contributed by atoms with Crippen LogP contribution in [-0.2, 0) is 9.53 Å². The summed E-state index contributed by atoms with van der Waals surface area (Å²) in [6, 6.07) is 1.20. The topological polar surface area (TPSA) is 95.9 Å². The Morgan fingerprint density at radius 1 is 1.43 bits per heavy atom. The van der Waals surface area contributed by atoms with Gasteiger partial charge in [-0.15, -0.1) is 11.3 Å². The lowest BCUT2D eigenvalue weighted by molar-refractivity contribution is -0.143. The second kappa shape index (κ2) is 7.45. The minimum Gasteiger partial charge on any atom is -0.481 e. The van der Waals surface area contributed by atoms with Crippen LogP contribution in [-0.4, -0.2) is 47.7 Å². The number of aliphatic carboxylic acids is 1. The van der Waals surface area contributed by atoms with Gasteiger partial charge in [0.05, 0.1) is 18.1 Å². The highest BCUT2D eigenvalue weighted by atomic mass is 32.1. The lowest BCUT2D eigenvalue weighted by Crippen LogP contribution is -2.47. The largest absolute Gasteiger partial charge is 0.481 e. The molecule has 1 fully saturated rings. The van der Waals surface area contributed by atoms with E-state index in [-0.39, 0.29) is 19.1 Å². The van der Waals surface area contributed by atoms with Crippen molar-refractivity contribution in [2.45, 2.75) is 20.3 Å². The molecule has 7 nitrogen and oxygen atoms in total. The van der Waals surface area contributed by atoms with Crippen LogP contribution in [0, 0.1) is 11.8 Å². The number of carbonyl (C=O) groups is 3. The van der Waals surface area contributed by atoms with Crippen molar-refractivity contribution < 1.29 is 24.2 Å². The average Bonchev–Trinajstić information content (AvgIpc) is 2.95. The van der Waals surface area contributed by atoms with Crippen molar-refractivity contribution >= 4 is 34.3 Å². The molecule has 2 N–H and O–H groups in total. The Balaban J connectivity index is 2.06. The molecule has 0 saturated carbocycles. The van der Waals surface area contributed by atoms with Crippen LogP contribution in [0.4, 0.5) is 9.80 Å². The minimum atomic E-state index is -0.891. The second-order valence-corrected chi connectivity index (χ2v) is 6.51. The highest BCUT2D eigenvalue weighted by Crippen LogP contribution is 2.26. The summed E-state index contributed by atoms with van der Waals surface area (Å²) < 4.78 is 4.94. The third-order valence-electron chi connectivity index (χ3n) is 3.68. The maximum absolute atomic E-state index is 12.4. The first-order valence-corrected chi connectivity index (χ1v) is 8.33. The summed E-state index contributed by atoms with van der Waals surface area (Å²) in [7, 11) is 0. The number of carboxylic acids is 1. The number of piperidine rings is 1. The number of rotatable bonds is 4. The summed E-state index contributed by atoms with van der Waals surface area (Å²) in [5.41, 5.74) is 0.310. The molecule has 0 bridgehead atoms. The quantitative estimate of drug-likeness (QED) is 0.821. The minimum absolute atomic E-state index is 0.114. The molecule has 2 atom stereocenters. The van der Waals surface area contributed by atoms with Crippen molar-refractivity contribution in [3.8, 4) is 0 Å². The first kappa shape index (κ1) is 17.3. The number of esters is 1. The number of likely N-dealkylation sites (tertiary alicyclic amines) is 1. The number of amides is 2. The van der Waals surface area contributed by atoms with Gasteiger partial charge in [-0.25, -0.2) is 9.59 Å². The molecule has 1 saturated heterocycles. The molecule has 0 aliphatic carbocycles. The van der Waals surface area contributed by atoms with Crippen LogP contribution in [0.1, 0.15) is 30.6 Å². The zero-order valence-electron chi connectivity index (χ0n) is 13.1. The molecule has 0 aromatic carbocycles. The predicted molar refractivity (Wildman–Crippen MR) is 85.8 cm³/mol. The zero-order valence-corrected chi connectivity index (χ0v) is 13.9. The van der Waals surface area contributed by atoms with Crippen molar-refractivity contribution in [1.29, 1.82) is 0 Å². The fourth-order valence-corrected chi connectivity index (χ4v) is 3.41. The van der Waals surface area contributed by atoms with Crippen molar-refractivity contribution in [1.82, 2.24) is 4.90 Å². The van der Waals surface area contributed by atoms with E-state index in [1.165, 1.54) is 16.2 Å². The molecule has 2 rings (SSSR count). The lowest BCUT2D eigenvalue weighted by atomic mass is 9.91. The van der Waals surface area contributed by atoms with Gasteiger partial charge in [0.2, 0.25) is 0 Å². The first-order chi connectivity index (χ1) is 10.9. The van der Waals surface area contributed by atoms with E-state index < -0.39 is 23.9 Å². The number of thiophene rings is 1. The molecule has 1 aliphatic rings. The van der Waals surface area contributed by atoms with Gasteiger partial charge in [-0.1, -0.05) is 6.92 Å². The number of carboxylic acid groups (broad SMARTS) is 1. The van der Waals surface area contributed by atoms with Crippen LogP contribution in [0.3, 0.4) is 0 Å². The molecule has 0 radical (unpaired) electrons. The van der Waals surface area contributed by atoms with Crippen LogP contribution in [0.15, 0.2) is 11.4 Å². The smallest absolute Gasteiger partial charge is 0.341 e. The highest BCUT2D eigenvalue weighted by molar-refractivity contribution is 7.14. The normalized spacial score (nSPS) is 20.9. The fraction of sp³-hybridized carbons (Fsp3) is 0.533. The van der Waals surface area contributed by atoms with E-state index in [0.717, 1.165) is 0 Å². The van der Waals surface area contributed by atoms with Crippen molar-refractivity contribution in [2.24, 2.45) is 11.8 Å². The number of urea groups is 1. The second-order valence-electron chi connectivity index (χ2n) is 5.60. The number of nitrogens with one attached hydrogen (secondary N) is 1. The van der Waals surface area contributed by atoms with Gasteiger partial charge >= 0.3 is 18.0 Å². The molecule has 1 aromatic heterocycles. The van der Waals surface area contributed by atoms with Crippen LogP contribution in [0.2, 0.25) is 0 Å². The third-order valence-corrected chi connectivity index (χ3v) is 4.51. The number of hydrogen-bond donors (Lipinski definition) is 2. The van der Waals surface area contributed by atoms with Gasteiger partial charge in [0.1, 0.15) is 5.00 Å². The molecule has 23 heavy (non-hydrogen) atoms. The number of carbonyl (C=O) groups excluding carboxylic acids is 2. The predicted octanol–water partition coefficient (Wildman–Crippen LogP) is 2.50. The number of nitrogens with zero attached hydrogens (tertiary/aromatic N) is 1. The Kier molecular flexibility index (Phi) is 5.59. The summed E-state index contributed by atoms with van der Waals surface area (Å²) in [4.78, 5) is 36.9. The molecule has 0 spiro atoms. The summed E-state index contributed by atoms with van der Waals surface area (Å²) in [5, 5.41) is 14.0. The van der Waals surface area contributed by atoms with Crippen molar-refractivity contribution in [3.63, 3.8) is 0 Å². The summed E-state index contributed by atoms with van der Waals surface area (Å²) >= 11 is 1.23. The Labute approximate surface area is 138 Å². The lowest BCUT2D eigenvalue weighted by Gasteiger charge is -2.34. The van der Waals surface area contributed by atoms with E-state index in [2.05, 4.69) is 5.32 Å². The maximum Gasteiger partial charge on any atom is 0.341 e. The van der Waals surface area contributed by atoms with Gasteiger partial charge in [0.25, 0.3) is 0 Å². The van der Waals surface area contributed by atoms with E-state index in [1.807, 2.05) is 6.92 Å². The summed E-state index contributed by atoms with van der Waals surface area (Å²) in [6.45, 7) is 4.56. The van der Waals surface area contributed by atoms with Crippen molar-refractivity contribution in [3.05, 3.63) is 17.0 Å². The molecular weight excluding hydrogens is 320 g/mol. The highest BCUT2D eigenvalue weighted by Gasteiger charge is 2.32. The van der Waals surface area contributed by atoms with Gasteiger partial charge in [0.15, 0.2) is 0 Å². The maximum atomic E-state index is 12.4. The average molecular weight is 340 g/mol. The molecule has 2 unspecified atom stereocenters. The zero-order chi connectivity index (χ0) is 17.0. The Morgan fingerprint density at radius 3 is 2.83 bits per heavy atom. The van der Waals surface area contributed by atoms with Gasteiger partial charge in [0, 0.05) is 13.1 Å². The van der Waals surface area contributed by atoms with Crippen LogP contribution in [0.25, 0.3) is 0 Å². The molecule has 8 heteroatoms. The van der Waals surface area contributed by atoms with Gasteiger partial charge in [-0.2, -0.15) is 0 Å². The van der Waals surface area contributed by atoms with E-state index in [4.69, 9.17) is 4.74 Å². The summed E-state index contributed by atoms with van der Waals surface area (Å²) in [5.74, 6) is -1.82. The first-order valence-electron chi connectivity index (χ1n) is 7.45. The van der Waals surface area contributed by atoms with Crippen LogP contribution < -0.4 is 5.32 Å². The van der Waals surface area contributed by atoms with E-state index in [0.29, 0.717) is 23.5 Å². The number of ether oxygens (including phenoxy) is 1. The standard InChI is InChI=1S/C15H20N2O5S/c1-3-22-14(20)11-4-5-23-12(11)16-15(21)17-7-9(2)6-10(8-17)13(18)19/h4-5,9-10H,3,6-8H2,1-2H3,(H,16,21)(H,18,19). The molecule has 1 aliphatic heterocycles. The Morgan fingerprint density at radius 2 is 2.17 bits per heavy atom. The number of anilines is 1.